The van der Waals surface area contributed by atoms with E-state index in [4.69, 9.17) is 4.52 Å². The van der Waals surface area contributed by atoms with Crippen LogP contribution in [0.1, 0.15) is 22.7 Å². The number of rotatable bonds is 4. The Morgan fingerprint density at radius 2 is 2.20 bits per heavy atom. The van der Waals surface area contributed by atoms with Crippen molar-refractivity contribution in [2.45, 2.75) is 12.8 Å². The van der Waals surface area contributed by atoms with Crippen molar-refractivity contribution >= 4 is 5.91 Å². The normalized spacial score (nSPS) is 17.2. The zero-order chi connectivity index (χ0) is 17.2. The number of amides is 1. The number of hydrogen-bond acceptors (Lipinski definition) is 6. The van der Waals surface area contributed by atoms with E-state index in [9.17, 15) is 4.79 Å². The number of imidazole rings is 1. The minimum atomic E-state index is -0.0197. The van der Waals surface area contributed by atoms with Gasteiger partial charge in [-0.1, -0.05) is 5.16 Å². The molecule has 3 aromatic heterocycles. The van der Waals surface area contributed by atoms with Crippen molar-refractivity contribution in [1.82, 2.24) is 29.6 Å². The first kappa shape index (κ1) is 15.5. The molecule has 0 bridgehead atoms. The standard InChI is InChI=1S/C17H18N6O2/c1-22-10-14(19-11-22)17(24)23-7-4-12(9-23)8-15-20-16(25-21-15)13-2-5-18-6-3-13/h2-3,5-6,10-12H,4,7-9H2,1H3. The Morgan fingerprint density at radius 1 is 1.36 bits per heavy atom. The molecule has 0 saturated carbocycles. The van der Waals surface area contributed by atoms with E-state index in [0.29, 0.717) is 36.3 Å². The van der Waals surface area contributed by atoms with Gasteiger partial charge in [0.2, 0.25) is 0 Å². The van der Waals surface area contributed by atoms with Crippen LogP contribution in [0.4, 0.5) is 0 Å². The third-order valence-corrected chi connectivity index (χ3v) is 4.36. The zero-order valence-corrected chi connectivity index (χ0v) is 13.9. The maximum Gasteiger partial charge on any atom is 0.274 e. The number of carbonyl (C=O) groups is 1. The monoisotopic (exact) mass is 338 g/mol. The maximum atomic E-state index is 12.4. The lowest BCUT2D eigenvalue weighted by Crippen LogP contribution is -2.29. The second-order valence-electron chi connectivity index (χ2n) is 6.29. The van der Waals surface area contributed by atoms with Crippen LogP contribution in [0.25, 0.3) is 11.5 Å². The van der Waals surface area contributed by atoms with Gasteiger partial charge in [0.1, 0.15) is 5.69 Å². The summed E-state index contributed by atoms with van der Waals surface area (Å²) >= 11 is 0. The predicted molar refractivity (Wildman–Crippen MR) is 88.5 cm³/mol. The second kappa shape index (κ2) is 6.46. The van der Waals surface area contributed by atoms with E-state index in [2.05, 4.69) is 20.1 Å². The second-order valence-corrected chi connectivity index (χ2v) is 6.29. The Kier molecular flexibility index (Phi) is 4.01. The molecule has 25 heavy (non-hydrogen) atoms. The van der Waals surface area contributed by atoms with Gasteiger partial charge in [0.25, 0.3) is 11.8 Å². The summed E-state index contributed by atoms with van der Waals surface area (Å²) in [5.41, 5.74) is 1.34. The van der Waals surface area contributed by atoms with Crippen molar-refractivity contribution in [2.24, 2.45) is 13.0 Å². The summed E-state index contributed by atoms with van der Waals surface area (Å²) < 4.78 is 7.10. The molecule has 1 atom stereocenters. The van der Waals surface area contributed by atoms with Crippen LogP contribution in [0.15, 0.2) is 41.6 Å². The van der Waals surface area contributed by atoms with Crippen LogP contribution in [-0.4, -0.2) is 48.6 Å². The lowest BCUT2D eigenvalue weighted by atomic mass is 10.1. The Bertz CT molecular complexity index is 872. The molecular formula is C17H18N6O2. The number of pyridine rings is 1. The lowest BCUT2D eigenvalue weighted by molar-refractivity contribution is 0.0781. The van der Waals surface area contributed by atoms with E-state index < -0.39 is 0 Å². The van der Waals surface area contributed by atoms with Crippen molar-refractivity contribution < 1.29 is 9.32 Å². The van der Waals surface area contributed by atoms with Gasteiger partial charge >= 0.3 is 0 Å². The van der Waals surface area contributed by atoms with Crippen LogP contribution >= 0.6 is 0 Å². The summed E-state index contributed by atoms with van der Waals surface area (Å²) in [7, 11) is 1.85. The summed E-state index contributed by atoms with van der Waals surface area (Å²) in [6.07, 6.45) is 8.39. The van der Waals surface area contributed by atoms with Gasteiger partial charge in [0.05, 0.1) is 6.33 Å². The molecule has 4 rings (SSSR count). The molecule has 1 saturated heterocycles. The number of likely N-dealkylation sites (tertiary alicyclic amines) is 1. The Morgan fingerprint density at radius 3 is 2.96 bits per heavy atom. The van der Waals surface area contributed by atoms with Gasteiger partial charge in [0.15, 0.2) is 5.82 Å². The SMILES string of the molecule is Cn1cnc(C(=O)N2CCC(Cc3noc(-c4ccncc4)n3)C2)c1. The predicted octanol–water partition coefficient (Wildman–Crippen LogP) is 1.57. The van der Waals surface area contributed by atoms with Crippen LogP contribution in [0.5, 0.6) is 0 Å². The van der Waals surface area contributed by atoms with Gasteiger partial charge in [-0.25, -0.2) is 4.98 Å². The average molecular weight is 338 g/mol. The van der Waals surface area contributed by atoms with Crippen LogP contribution in [0.3, 0.4) is 0 Å². The van der Waals surface area contributed by atoms with Crippen molar-refractivity contribution in [3.63, 3.8) is 0 Å². The maximum absolute atomic E-state index is 12.4. The number of hydrogen-bond donors (Lipinski definition) is 0. The molecule has 4 heterocycles. The quantitative estimate of drug-likeness (QED) is 0.717. The molecule has 8 nitrogen and oxygen atoms in total. The molecule has 1 amide bonds. The third-order valence-electron chi connectivity index (χ3n) is 4.36. The molecule has 0 N–H and O–H groups in total. The first-order valence-electron chi connectivity index (χ1n) is 8.19. The minimum absolute atomic E-state index is 0.0197. The number of aromatic nitrogens is 5. The van der Waals surface area contributed by atoms with E-state index in [-0.39, 0.29) is 5.91 Å². The third kappa shape index (κ3) is 3.28. The van der Waals surface area contributed by atoms with E-state index in [1.807, 2.05) is 24.1 Å². The van der Waals surface area contributed by atoms with Gasteiger partial charge in [-0.2, -0.15) is 4.98 Å². The van der Waals surface area contributed by atoms with E-state index in [1.165, 1.54) is 0 Å². The number of carbonyl (C=O) groups excluding carboxylic acids is 1. The fraction of sp³-hybridized carbons (Fsp3) is 0.353. The van der Waals surface area contributed by atoms with Crippen LogP contribution < -0.4 is 0 Å². The van der Waals surface area contributed by atoms with Crippen LogP contribution in [-0.2, 0) is 13.5 Å². The summed E-state index contributed by atoms with van der Waals surface area (Å²) in [4.78, 5) is 26.8. The molecule has 8 heteroatoms. The van der Waals surface area contributed by atoms with Crippen molar-refractivity contribution in [3.8, 4) is 11.5 Å². The van der Waals surface area contributed by atoms with Gasteiger partial charge < -0.3 is 14.0 Å². The minimum Gasteiger partial charge on any atom is -0.340 e. The molecule has 1 fully saturated rings. The van der Waals surface area contributed by atoms with Gasteiger partial charge in [-0.3, -0.25) is 9.78 Å². The highest BCUT2D eigenvalue weighted by Crippen LogP contribution is 2.23. The highest BCUT2D eigenvalue weighted by molar-refractivity contribution is 5.92. The van der Waals surface area contributed by atoms with Gasteiger partial charge in [0, 0.05) is 50.7 Å². The summed E-state index contributed by atoms with van der Waals surface area (Å²) in [5, 5.41) is 4.06. The topological polar surface area (TPSA) is 89.9 Å². The highest BCUT2D eigenvalue weighted by atomic mass is 16.5. The van der Waals surface area contributed by atoms with Crippen LogP contribution in [0.2, 0.25) is 0 Å². The van der Waals surface area contributed by atoms with Crippen molar-refractivity contribution in [1.29, 1.82) is 0 Å². The number of aryl methyl sites for hydroxylation is 1. The summed E-state index contributed by atoms with van der Waals surface area (Å²) in [6, 6.07) is 3.67. The molecule has 1 aliphatic heterocycles. The fourth-order valence-electron chi connectivity index (χ4n) is 3.08. The van der Waals surface area contributed by atoms with E-state index >= 15 is 0 Å². The van der Waals surface area contributed by atoms with E-state index in [0.717, 1.165) is 18.5 Å². The fourth-order valence-corrected chi connectivity index (χ4v) is 3.08. The smallest absolute Gasteiger partial charge is 0.274 e. The summed E-state index contributed by atoms with van der Waals surface area (Å²) in [6.45, 7) is 1.42. The Balaban J connectivity index is 1.38. The highest BCUT2D eigenvalue weighted by Gasteiger charge is 2.29. The van der Waals surface area contributed by atoms with Crippen LogP contribution in [0, 0.1) is 5.92 Å². The van der Waals surface area contributed by atoms with Crippen molar-refractivity contribution in [2.75, 3.05) is 13.1 Å². The largest absolute Gasteiger partial charge is 0.340 e. The van der Waals surface area contributed by atoms with Crippen molar-refractivity contribution in [3.05, 3.63) is 48.6 Å². The van der Waals surface area contributed by atoms with E-state index in [1.54, 1.807) is 29.5 Å². The first-order valence-corrected chi connectivity index (χ1v) is 8.19. The molecule has 0 spiro atoms. The molecule has 3 aromatic rings. The molecule has 0 aliphatic carbocycles. The lowest BCUT2D eigenvalue weighted by Gasteiger charge is -2.14. The summed E-state index contributed by atoms with van der Waals surface area (Å²) in [5.74, 6) is 1.48. The van der Waals surface area contributed by atoms with Gasteiger partial charge in [-0.05, 0) is 24.5 Å². The molecule has 1 unspecified atom stereocenters. The van der Waals surface area contributed by atoms with Gasteiger partial charge in [-0.15, -0.1) is 0 Å². The Labute approximate surface area is 144 Å². The first-order chi connectivity index (χ1) is 12.2. The molecule has 0 radical (unpaired) electrons. The molecule has 0 aromatic carbocycles. The molecule has 1 aliphatic rings. The molecular weight excluding hydrogens is 320 g/mol. The molecule has 128 valence electrons. The number of nitrogens with zero attached hydrogens (tertiary/aromatic N) is 6. The Hall–Kier alpha value is -3.03. The average Bonchev–Trinajstić information content (AvgIpc) is 3.37. The zero-order valence-electron chi connectivity index (χ0n) is 13.9.